The van der Waals surface area contributed by atoms with E-state index in [1.165, 1.54) is 0 Å². The third-order valence-electron chi connectivity index (χ3n) is 3.31. The zero-order chi connectivity index (χ0) is 19.4. The summed E-state index contributed by atoms with van der Waals surface area (Å²) in [6.45, 7) is 4.26. The summed E-state index contributed by atoms with van der Waals surface area (Å²) in [6.07, 6.45) is 0. The number of phenolic OH excluding ortho intramolecular Hbond substituents is 1. The summed E-state index contributed by atoms with van der Waals surface area (Å²) in [5, 5.41) is 15.0. The molecule has 1 saturated heterocycles. The lowest BCUT2D eigenvalue weighted by molar-refractivity contribution is -0.123. The number of phenols is 1. The quantitative estimate of drug-likeness (QED) is 0.773. The van der Waals surface area contributed by atoms with Gasteiger partial charge in [0.1, 0.15) is 6.54 Å². The Bertz CT molecular complexity index is 841. The molecule has 1 fully saturated rings. The Morgan fingerprint density at radius 3 is 2.65 bits per heavy atom. The van der Waals surface area contributed by atoms with Crippen LogP contribution in [0.4, 0.5) is 13.2 Å². The summed E-state index contributed by atoms with van der Waals surface area (Å²) in [5.41, 5.74) is -0.700. The van der Waals surface area contributed by atoms with Crippen molar-refractivity contribution in [3.63, 3.8) is 0 Å². The Hall–Kier alpha value is -3.11. The predicted molar refractivity (Wildman–Crippen MR) is 81.5 cm³/mol. The number of aromatic hydroxyl groups is 1. The van der Waals surface area contributed by atoms with Crippen LogP contribution in [0.5, 0.6) is 5.75 Å². The van der Waals surface area contributed by atoms with Gasteiger partial charge in [-0.2, -0.15) is 9.37 Å². The van der Waals surface area contributed by atoms with Crippen molar-refractivity contribution in [2.45, 2.75) is 13.8 Å². The number of carbonyl (C=O) groups excluding carboxylic acids is 2. The monoisotopic (exact) mass is 372 g/mol. The highest BCUT2D eigenvalue weighted by molar-refractivity contribution is 5.94. The standard InChI is InChI=1S/C13H9F3N4O4.C2H6/c14-6-3-5(8(15)10(22)9(6)16)12-18-11(19-24-12)13(23)20-2-1-17-7(21)4-20;1-2/h3,22H,1-2,4H2,(H,17,21);1-2H3. The molecule has 0 saturated carbocycles. The molecule has 8 nitrogen and oxygen atoms in total. The molecule has 1 aromatic carbocycles. The molecule has 0 spiro atoms. The first-order valence-corrected chi connectivity index (χ1v) is 7.65. The second-order valence-corrected chi connectivity index (χ2v) is 4.88. The van der Waals surface area contributed by atoms with Gasteiger partial charge in [0.25, 0.3) is 17.6 Å². The average Bonchev–Trinajstić information content (AvgIpc) is 3.14. The zero-order valence-electron chi connectivity index (χ0n) is 13.8. The SMILES string of the molecule is CC.O=C1CN(C(=O)c2noc(-c3cc(F)c(F)c(O)c3F)n2)CCN1. The molecule has 3 rings (SSSR count). The van der Waals surface area contributed by atoms with E-state index in [4.69, 9.17) is 0 Å². The lowest BCUT2D eigenvalue weighted by Crippen LogP contribution is -2.50. The second-order valence-electron chi connectivity index (χ2n) is 4.88. The molecule has 11 heteroatoms. The van der Waals surface area contributed by atoms with Gasteiger partial charge in [0.05, 0.1) is 5.56 Å². The minimum Gasteiger partial charge on any atom is -0.503 e. The minimum absolute atomic E-state index is 0.205. The number of piperazine rings is 1. The lowest BCUT2D eigenvalue weighted by atomic mass is 10.2. The van der Waals surface area contributed by atoms with E-state index in [0.717, 1.165) is 4.90 Å². The zero-order valence-corrected chi connectivity index (χ0v) is 13.8. The average molecular weight is 372 g/mol. The highest BCUT2D eigenvalue weighted by Gasteiger charge is 2.28. The first kappa shape index (κ1) is 19.2. The van der Waals surface area contributed by atoms with E-state index in [1.54, 1.807) is 0 Å². The van der Waals surface area contributed by atoms with Crippen LogP contribution in [0.1, 0.15) is 24.5 Å². The van der Waals surface area contributed by atoms with Crippen LogP contribution in [0.15, 0.2) is 10.6 Å². The van der Waals surface area contributed by atoms with Crippen molar-refractivity contribution in [3.8, 4) is 17.2 Å². The van der Waals surface area contributed by atoms with Gasteiger partial charge >= 0.3 is 0 Å². The molecule has 2 heterocycles. The number of halogens is 3. The molecular weight excluding hydrogens is 357 g/mol. The van der Waals surface area contributed by atoms with E-state index < -0.39 is 46.4 Å². The van der Waals surface area contributed by atoms with Crippen molar-refractivity contribution in [2.75, 3.05) is 19.6 Å². The Morgan fingerprint density at radius 1 is 1.31 bits per heavy atom. The van der Waals surface area contributed by atoms with E-state index in [-0.39, 0.29) is 25.5 Å². The summed E-state index contributed by atoms with van der Waals surface area (Å²) >= 11 is 0. The molecule has 2 aromatic rings. The predicted octanol–water partition coefficient (Wildman–Crippen LogP) is 1.46. The fourth-order valence-electron chi connectivity index (χ4n) is 2.12. The summed E-state index contributed by atoms with van der Waals surface area (Å²) in [5.74, 6) is -8.54. The Labute approximate surface area is 145 Å². The number of benzene rings is 1. The van der Waals surface area contributed by atoms with E-state index in [1.807, 2.05) is 13.8 Å². The number of nitrogens with zero attached hydrogens (tertiary/aromatic N) is 3. The molecule has 0 unspecified atom stereocenters. The topological polar surface area (TPSA) is 109 Å². The lowest BCUT2D eigenvalue weighted by Gasteiger charge is -2.25. The Morgan fingerprint density at radius 2 is 2.00 bits per heavy atom. The van der Waals surface area contributed by atoms with Gasteiger partial charge in [-0.15, -0.1) is 0 Å². The van der Waals surface area contributed by atoms with Crippen molar-refractivity contribution < 1.29 is 32.4 Å². The third kappa shape index (κ3) is 3.60. The van der Waals surface area contributed by atoms with Crippen LogP contribution >= 0.6 is 0 Å². The molecule has 1 aromatic heterocycles. The smallest absolute Gasteiger partial charge is 0.295 e. The van der Waals surface area contributed by atoms with E-state index in [2.05, 4.69) is 20.0 Å². The van der Waals surface area contributed by atoms with Crippen LogP contribution < -0.4 is 5.32 Å². The molecule has 2 N–H and O–H groups in total. The van der Waals surface area contributed by atoms with Gasteiger partial charge < -0.3 is 19.8 Å². The fourth-order valence-corrected chi connectivity index (χ4v) is 2.12. The van der Waals surface area contributed by atoms with Crippen LogP contribution in [0.25, 0.3) is 11.5 Å². The maximum atomic E-state index is 13.8. The number of hydrogen-bond acceptors (Lipinski definition) is 6. The number of carbonyl (C=O) groups is 2. The first-order chi connectivity index (χ1) is 12.4. The molecule has 1 aliphatic rings. The molecule has 140 valence electrons. The van der Waals surface area contributed by atoms with Gasteiger partial charge in [-0.1, -0.05) is 19.0 Å². The highest BCUT2D eigenvalue weighted by Crippen LogP contribution is 2.31. The highest BCUT2D eigenvalue weighted by atomic mass is 19.2. The third-order valence-corrected chi connectivity index (χ3v) is 3.31. The maximum absolute atomic E-state index is 13.8. The van der Waals surface area contributed by atoms with Crippen LogP contribution in [-0.4, -0.2) is 51.6 Å². The van der Waals surface area contributed by atoms with Gasteiger partial charge in [-0.25, -0.2) is 8.78 Å². The Balaban J connectivity index is 0.00000117. The van der Waals surface area contributed by atoms with Gasteiger partial charge in [-0.3, -0.25) is 9.59 Å². The van der Waals surface area contributed by atoms with Gasteiger partial charge in [0, 0.05) is 13.1 Å². The van der Waals surface area contributed by atoms with Crippen molar-refractivity contribution in [3.05, 3.63) is 29.3 Å². The first-order valence-electron chi connectivity index (χ1n) is 7.65. The van der Waals surface area contributed by atoms with E-state index in [0.29, 0.717) is 6.07 Å². The van der Waals surface area contributed by atoms with Crippen molar-refractivity contribution in [1.82, 2.24) is 20.4 Å². The maximum Gasteiger partial charge on any atom is 0.295 e. The number of aromatic nitrogens is 2. The summed E-state index contributed by atoms with van der Waals surface area (Å²) < 4.78 is 44.8. The van der Waals surface area contributed by atoms with Crippen molar-refractivity contribution >= 4 is 11.8 Å². The number of hydrogen-bond donors (Lipinski definition) is 2. The summed E-state index contributed by atoms with van der Waals surface area (Å²) in [4.78, 5) is 28.2. The molecule has 26 heavy (non-hydrogen) atoms. The van der Waals surface area contributed by atoms with Gasteiger partial charge in [0.15, 0.2) is 17.4 Å². The molecule has 0 atom stereocenters. The molecule has 0 aliphatic carbocycles. The van der Waals surface area contributed by atoms with Gasteiger partial charge in [-0.05, 0) is 6.07 Å². The molecule has 2 amide bonds. The minimum atomic E-state index is -1.76. The van der Waals surface area contributed by atoms with Crippen molar-refractivity contribution in [2.24, 2.45) is 0 Å². The largest absolute Gasteiger partial charge is 0.503 e. The van der Waals surface area contributed by atoms with E-state index >= 15 is 0 Å². The number of rotatable bonds is 2. The van der Waals surface area contributed by atoms with Crippen LogP contribution in [0.3, 0.4) is 0 Å². The van der Waals surface area contributed by atoms with Crippen LogP contribution in [0, 0.1) is 17.5 Å². The molecular formula is C15H15F3N4O4. The number of nitrogens with one attached hydrogen (secondary N) is 1. The van der Waals surface area contributed by atoms with E-state index in [9.17, 15) is 27.9 Å². The second kappa shape index (κ2) is 7.85. The molecule has 1 aliphatic heterocycles. The Kier molecular flexibility index (Phi) is 5.80. The fraction of sp³-hybridized carbons (Fsp3) is 0.333. The number of amides is 2. The normalized spacial score (nSPS) is 13.7. The molecule has 0 bridgehead atoms. The van der Waals surface area contributed by atoms with Gasteiger partial charge in [0.2, 0.25) is 11.7 Å². The molecule has 0 radical (unpaired) electrons. The summed E-state index contributed by atoms with van der Waals surface area (Å²) in [7, 11) is 0. The van der Waals surface area contributed by atoms with Crippen LogP contribution in [0.2, 0.25) is 0 Å². The van der Waals surface area contributed by atoms with Crippen molar-refractivity contribution in [1.29, 1.82) is 0 Å². The van der Waals surface area contributed by atoms with Crippen LogP contribution in [-0.2, 0) is 4.79 Å². The summed E-state index contributed by atoms with van der Waals surface area (Å²) in [6, 6.07) is 0.417.